The van der Waals surface area contributed by atoms with E-state index >= 15 is 0 Å². The molecule has 0 aliphatic carbocycles. The Bertz CT molecular complexity index is 913. The molecule has 3 aliphatic heterocycles. The highest BCUT2D eigenvalue weighted by Gasteiger charge is 2.72. The molecule has 0 unspecified atom stereocenters. The van der Waals surface area contributed by atoms with Crippen LogP contribution >= 0.6 is 22.6 Å². The maximum Gasteiger partial charge on any atom is 0.305 e. The van der Waals surface area contributed by atoms with Gasteiger partial charge in [0.15, 0.2) is 5.60 Å². The number of hydrogen-bond donors (Lipinski definition) is 0. The van der Waals surface area contributed by atoms with Crippen molar-refractivity contribution in [3.63, 3.8) is 0 Å². The Labute approximate surface area is 173 Å². The number of amides is 2. The van der Waals surface area contributed by atoms with Crippen LogP contribution in [-0.2, 0) is 33.4 Å². The van der Waals surface area contributed by atoms with Crippen molar-refractivity contribution in [3.8, 4) is 0 Å². The number of para-hydroxylation sites is 1. The van der Waals surface area contributed by atoms with E-state index in [-0.39, 0.29) is 5.91 Å². The van der Waals surface area contributed by atoms with Gasteiger partial charge in [0.05, 0.1) is 23.6 Å². The van der Waals surface area contributed by atoms with Crippen molar-refractivity contribution in [1.82, 2.24) is 0 Å². The third-order valence-electron chi connectivity index (χ3n) is 5.09. The Balaban J connectivity index is 1.77. The zero-order valence-corrected chi connectivity index (χ0v) is 17.1. The number of esters is 2. The minimum absolute atomic E-state index is 0.389. The minimum atomic E-state index is -1.53. The second-order valence-corrected chi connectivity index (χ2v) is 7.97. The van der Waals surface area contributed by atoms with Crippen molar-refractivity contribution in [2.45, 2.75) is 31.8 Å². The first kappa shape index (κ1) is 19.1. The fourth-order valence-electron chi connectivity index (χ4n) is 4.09. The van der Waals surface area contributed by atoms with Crippen LogP contribution in [-0.4, -0.2) is 41.7 Å². The van der Waals surface area contributed by atoms with Gasteiger partial charge in [-0.1, -0.05) is 18.2 Å². The van der Waals surface area contributed by atoms with Gasteiger partial charge in [-0.15, -0.1) is 0 Å². The standard InChI is InChI=1S/C19H16INO7/c1-9(22)26-18(27-10(2)23)19-8-7-13(28-19)14-15(19)17(25)21(16(14)24)12-6-4-3-5-11(12)20/h3-8,13-15,18H,1-2H3/t13-,14-,15-,19+/m1/s1. The van der Waals surface area contributed by atoms with Crippen molar-refractivity contribution in [3.05, 3.63) is 40.0 Å². The molecule has 1 aromatic rings. The minimum Gasteiger partial charge on any atom is -0.422 e. The quantitative estimate of drug-likeness (QED) is 0.205. The van der Waals surface area contributed by atoms with Crippen LogP contribution < -0.4 is 4.90 Å². The summed E-state index contributed by atoms with van der Waals surface area (Å²) < 4.78 is 17.0. The van der Waals surface area contributed by atoms with Crippen LogP contribution in [0.2, 0.25) is 0 Å². The van der Waals surface area contributed by atoms with Gasteiger partial charge in [-0.25, -0.2) is 4.90 Å². The Morgan fingerprint density at radius 2 is 1.79 bits per heavy atom. The molecule has 2 fully saturated rings. The lowest BCUT2D eigenvalue weighted by Gasteiger charge is -2.34. The van der Waals surface area contributed by atoms with Crippen molar-refractivity contribution >= 4 is 52.0 Å². The summed E-state index contributed by atoms with van der Waals surface area (Å²) in [6.07, 6.45) is 1.07. The molecule has 4 rings (SSSR count). The lowest BCUT2D eigenvalue weighted by molar-refractivity contribution is -0.226. The number of carbonyl (C=O) groups is 4. The lowest BCUT2D eigenvalue weighted by Crippen LogP contribution is -2.52. The normalized spacial score (nSPS) is 30.1. The Hall–Kier alpha value is -2.27. The largest absolute Gasteiger partial charge is 0.422 e. The van der Waals surface area contributed by atoms with E-state index in [2.05, 4.69) is 22.6 Å². The predicted octanol–water partition coefficient (Wildman–Crippen LogP) is 1.56. The number of nitrogens with zero attached hydrogens (tertiary/aromatic N) is 1. The first-order chi connectivity index (χ1) is 13.3. The second-order valence-electron chi connectivity index (χ2n) is 6.81. The molecule has 146 valence electrons. The molecule has 3 heterocycles. The lowest BCUT2D eigenvalue weighted by atomic mass is 9.76. The highest BCUT2D eigenvalue weighted by Crippen LogP contribution is 2.55. The number of rotatable bonds is 4. The van der Waals surface area contributed by atoms with E-state index in [0.717, 1.165) is 22.3 Å². The van der Waals surface area contributed by atoms with Crippen LogP contribution in [0.3, 0.4) is 0 Å². The number of imide groups is 1. The van der Waals surface area contributed by atoms with Gasteiger partial charge in [0.1, 0.15) is 0 Å². The summed E-state index contributed by atoms with van der Waals surface area (Å²) in [6.45, 7) is 2.33. The molecule has 0 radical (unpaired) electrons. The van der Waals surface area contributed by atoms with Crippen LogP contribution in [0.25, 0.3) is 0 Å². The van der Waals surface area contributed by atoms with Gasteiger partial charge in [-0.3, -0.25) is 19.2 Å². The molecule has 1 aromatic carbocycles. The third kappa shape index (κ3) is 2.67. The smallest absolute Gasteiger partial charge is 0.305 e. The average Bonchev–Trinajstić information content (AvgIpc) is 3.26. The molecular weight excluding hydrogens is 481 g/mol. The number of ether oxygens (including phenoxy) is 3. The molecule has 0 spiro atoms. The van der Waals surface area contributed by atoms with Gasteiger partial charge in [-0.05, 0) is 40.8 Å². The van der Waals surface area contributed by atoms with E-state index in [1.54, 1.807) is 30.4 Å². The summed E-state index contributed by atoms with van der Waals surface area (Å²) in [5, 5.41) is 0. The van der Waals surface area contributed by atoms with E-state index in [9.17, 15) is 19.2 Å². The molecule has 4 atom stereocenters. The molecule has 0 N–H and O–H groups in total. The van der Waals surface area contributed by atoms with Crippen LogP contribution in [0, 0.1) is 15.4 Å². The van der Waals surface area contributed by atoms with E-state index in [0.29, 0.717) is 5.69 Å². The molecule has 8 nitrogen and oxygen atoms in total. The van der Waals surface area contributed by atoms with Crippen molar-refractivity contribution < 1.29 is 33.4 Å². The topological polar surface area (TPSA) is 99.2 Å². The van der Waals surface area contributed by atoms with Crippen LogP contribution in [0.15, 0.2) is 36.4 Å². The first-order valence-electron chi connectivity index (χ1n) is 8.60. The molecule has 0 aromatic heterocycles. The molecule has 0 saturated carbocycles. The number of fused-ring (bicyclic) bond motifs is 5. The van der Waals surface area contributed by atoms with E-state index < -0.39 is 47.7 Å². The molecule has 2 bridgehead atoms. The summed E-state index contributed by atoms with van der Waals surface area (Å²) in [5.41, 5.74) is -1.05. The zero-order valence-electron chi connectivity index (χ0n) is 15.0. The highest BCUT2D eigenvalue weighted by atomic mass is 127. The average molecular weight is 497 g/mol. The number of hydrogen-bond acceptors (Lipinski definition) is 7. The Morgan fingerprint density at radius 1 is 1.14 bits per heavy atom. The highest BCUT2D eigenvalue weighted by molar-refractivity contribution is 14.1. The molecular formula is C19H16INO7. The van der Waals surface area contributed by atoms with Crippen LogP contribution in [0.5, 0.6) is 0 Å². The predicted molar refractivity (Wildman–Crippen MR) is 103 cm³/mol. The third-order valence-corrected chi connectivity index (χ3v) is 6.00. The van der Waals surface area contributed by atoms with Crippen molar-refractivity contribution in [1.29, 1.82) is 0 Å². The molecule has 28 heavy (non-hydrogen) atoms. The zero-order chi connectivity index (χ0) is 20.2. The second kappa shape index (κ2) is 6.66. The molecule has 2 saturated heterocycles. The van der Waals surface area contributed by atoms with E-state index in [4.69, 9.17) is 14.2 Å². The van der Waals surface area contributed by atoms with Gasteiger partial charge < -0.3 is 14.2 Å². The number of benzene rings is 1. The fraction of sp³-hybridized carbons (Fsp3) is 0.368. The maximum absolute atomic E-state index is 13.3. The van der Waals surface area contributed by atoms with E-state index in [1.165, 1.54) is 0 Å². The molecule has 2 amide bonds. The number of halogens is 1. The fourth-order valence-corrected chi connectivity index (χ4v) is 4.72. The maximum atomic E-state index is 13.3. The molecule has 9 heteroatoms. The van der Waals surface area contributed by atoms with Crippen LogP contribution in [0.1, 0.15) is 13.8 Å². The number of anilines is 1. The molecule has 3 aliphatic rings. The SMILES string of the molecule is CC(=O)OC(OC(C)=O)[C@@]12C=C[C@@H](O1)[C@H]1C(=O)N(c3ccccc3I)C(=O)[C@@H]12. The summed E-state index contributed by atoms with van der Waals surface area (Å²) in [7, 11) is 0. The summed E-state index contributed by atoms with van der Waals surface area (Å²) in [4.78, 5) is 50.7. The van der Waals surface area contributed by atoms with Gasteiger partial charge in [0.25, 0.3) is 6.29 Å². The Kier molecular flexibility index (Phi) is 4.53. The van der Waals surface area contributed by atoms with Gasteiger partial charge in [-0.2, -0.15) is 0 Å². The first-order valence-corrected chi connectivity index (χ1v) is 9.68. The van der Waals surface area contributed by atoms with Gasteiger partial charge >= 0.3 is 11.9 Å². The van der Waals surface area contributed by atoms with Crippen molar-refractivity contribution in [2.75, 3.05) is 4.90 Å². The van der Waals surface area contributed by atoms with Gasteiger partial charge in [0, 0.05) is 17.4 Å². The van der Waals surface area contributed by atoms with E-state index in [1.807, 2.05) is 6.07 Å². The van der Waals surface area contributed by atoms with Crippen LogP contribution in [0.4, 0.5) is 5.69 Å². The monoisotopic (exact) mass is 497 g/mol. The summed E-state index contributed by atoms with van der Waals surface area (Å²) in [5.74, 6) is -4.00. The summed E-state index contributed by atoms with van der Waals surface area (Å²) in [6, 6.07) is 7.04. The Morgan fingerprint density at radius 3 is 2.39 bits per heavy atom. The van der Waals surface area contributed by atoms with Gasteiger partial charge in [0.2, 0.25) is 11.8 Å². The summed E-state index contributed by atoms with van der Waals surface area (Å²) >= 11 is 2.06. The van der Waals surface area contributed by atoms with Crippen molar-refractivity contribution in [2.24, 2.45) is 11.8 Å². The number of carbonyl (C=O) groups excluding carboxylic acids is 4.